The third-order valence-corrected chi connectivity index (χ3v) is 13.8. The van der Waals surface area contributed by atoms with Crippen LogP contribution in [0.25, 0.3) is 119 Å². The molecule has 0 spiro atoms. The Labute approximate surface area is 325 Å². The van der Waals surface area contributed by atoms with Gasteiger partial charge in [0, 0.05) is 58.3 Å². The van der Waals surface area contributed by atoms with Gasteiger partial charge < -0.3 is 8.83 Å². The summed E-state index contributed by atoms with van der Waals surface area (Å²) in [5, 5.41) is 12.1. The molecule has 0 unspecified atom stereocenters. The van der Waals surface area contributed by atoms with Gasteiger partial charge in [-0.25, -0.2) is 0 Å². The Morgan fingerprint density at radius 2 is 1.02 bits per heavy atom. The normalized spacial score (nSPS) is 13.7. The molecule has 262 valence electrons. The molecule has 1 aliphatic carbocycles. The number of furan rings is 2. The van der Waals surface area contributed by atoms with Crippen molar-refractivity contribution >= 4 is 96.9 Å². The van der Waals surface area contributed by atoms with E-state index in [1.807, 2.05) is 11.3 Å². The minimum atomic E-state index is -0.0845. The molecule has 12 aromatic rings. The average molecular weight is 733 g/mol. The highest BCUT2D eigenvalue weighted by atomic mass is 32.1. The van der Waals surface area contributed by atoms with E-state index in [0.29, 0.717) is 0 Å². The van der Waals surface area contributed by atoms with Crippen LogP contribution >= 0.6 is 11.3 Å². The van der Waals surface area contributed by atoms with E-state index in [0.717, 1.165) is 38.7 Å². The lowest BCUT2D eigenvalue weighted by atomic mass is 9.82. The summed E-state index contributed by atoms with van der Waals surface area (Å²) in [7, 11) is 0. The maximum Gasteiger partial charge on any atom is 0.143 e. The third-order valence-electron chi connectivity index (χ3n) is 12.7. The Bertz CT molecular complexity index is 3630. The Morgan fingerprint density at radius 1 is 0.393 bits per heavy atom. The van der Waals surface area contributed by atoms with Crippen LogP contribution in [0.15, 0.2) is 167 Å². The van der Waals surface area contributed by atoms with Gasteiger partial charge in [0.05, 0.1) is 0 Å². The molecule has 2 nitrogen and oxygen atoms in total. The van der Waals surface area contributed by atoms with Crippen molar-refractivity contribution in [3.63, 3.8) is 0 Å². The second-order valence-corrected chi connectivity index (χ2v) is 17.0. The highest BCUT2D eigenvalue weighted by Gasteiger charge is 2.37. The highest BCUT2D eigenvalue weighted by Crippen LogP contribution is 2.54. The van der Waals surface area contributed by atoms with E-state index in [4.69, 9.17) is 8.83 Å². The predicted molar refractivity (Wildman–Crippen MR) is 237 cm³/mol. The van der Waals surface area contributed by atoms with Gasteiger partial charge in [0.2, 0.25) is 0 Å². The maximum atomic E-state index is 6.99. The first kappa shape index (κ1) is 30.6. The first-order valence-corrected chi connectivity index (χ1v) is 20.2. The summed E-state index contributed by atoms with van der Waals surface area (Å²) < 4.78 is 16.1. The summed E-state index contributed by atoms with van der Waals surface area (Å²) in [6.07, 6.45) is 0. The van der Waals surface area contributed by atoms with Crippen molar-refractivity contribution in [2.45, 2.75) is 19.3 Å². The molecule has 13 rings (SSSR count). The number of rotatable bonds is 2. The number of hydrogen-bond donors (Lipinski definition) is 0. The zero-order valence-electron chi connectivity index (χ0n) is 30.7. The van der Waals surface area contributed by atoms with Gasteiger partial charge in [0.25, 0.3) is 0 Å². The van der Waals surface area contributed by atoms with Crippen LogP contribution in [-0.2, 0) is 5.41 Å². The topological polar surface area (TPSA) is 26.3 Å². The monoisotopic (exact) mass is 732 g/mol. The van der Waals surface area contributed by atoms with E-state index >= 15 is 0 Å². The first-order valence-electron chi connectivity index (χ1n) is 19.3. The standard InChI is InChI=1S/C53H32O2S/c1-53(2)39-20-9-7-16-34(39)48-40(53)23-25-43-49(48)37-19-11-18-36(52(37)55-43)47-32-14-5-3-12-30(32)46(31-13-4-6-15-33(31)47)29-22-24-41-38(28-29)50-42(54-41)26-27-45-51(50)35-17-8-10-21-44(35)56-45/h3-28H,1-2H3. The van der Waals surface area contributed by atoms with E-state index in [-0.39, 0.29) is 5.41 Å². The van der Waals surface area contributed by atoms with Crippen LogP contribution in [0, 0.1) is 0 Å². The van der Waals surface area contributed by atoms with Gasteiger partial charge in [-0.2, -0.15) is 0 Å². The predicted octanol–water partition coefficient (Wildman–Crippen LogP) is 15.8. The summed E-state index contributed by atoms with van der Waals surface area (Å²) in [6, 6.07) is 57.7. The molecule has 0 N–H and O–H groups in total. The molecular weight excluding hydrogens is 701 g/mol. The van der Waals surface area contributed by atoms with Crippen LogP contribution in [0.2, 0.25) is 0 Å². The minimum Gasteiger partial charge on any atom is -0.456 e. The van der Waals surface area contributed by atoms with Crippen LogP contribution in [0.4, 0.5) is 0 Å². The van der Waals surface area contributed by atoms with E-state index in [1.165, 1.54) is 91.4 Å². The average Bonchev–Trinajstić information content (AvgIpc) is 3.97. The summed E-state index contributed by atoms with van der Waals surface area (Å²) in [5.74, 6) is 0. The van der Waals surface area contributed by atoms with Crippen molar-refractivity contribution in [2.75, 3.05) is 0 Å². The molecule has 0 saturated carbocycles. The largest absolute Gasteiger partial charge is 0.456 e. The minimum absolute atomic E-state index is 0.0845. The maximum absolute atomic E-state index is 6.99. The fourth-order valence-corrected chi connectivity index (χ4v) is 11.4. The second kappa shape index (κ2) is 10.8. The molecule has 0 aliphatic heterocycles. The van der Waals surface area contributed by atoms with Crippen LogP contribution < -0.4 is 0 Å². The Hall–Kier alpha value is -6.68. The second-order valence-electron chi connectivity index (χ2n) is 15.9. The molecule has 3 heteroatoms. The number of fused-ring (bicyclic) bond motifs is 16. The molecule has 0 atom stereocenters. The Balaban J connectivity index is 1.10. The van der Waals surface area contributed by atoms with Gasteiger partial charge >= 0.3 is 0 Å². The lowest BCUT2D eigenvalue weighted by Gasteiger charge is -2.21. The number of hydrogen-bond acceptors (Lipinski definition) is 3. The van der Waals surface area contributed by atoms with E-state index in [9.17, 15) is 0 Å². The Kier molecular flexibility index (Phi) is 5.88. The van der Waals surface area contributed by atoms with E-state index in [2.05, 4.69) is 172 Å². The number of benzene rings is 9. The molecule has 3 heterocycles. The van der Waals surface area contributed by atoms with Crippen molar-refractivity contribution in [3.8, 4) is 33.4 Å². The fraction of sp³-hybridized carbons (Fsp3) is 0.0566. The number of para-hydroxylation sites is 1. The molecule has 56 heavy (non-hydrogen) atoms. The van der Waals surface area contributed by atoms with Gasteiger partial charge in [-0.3, -0.25) is 0 Å². The molecule has 0 radical (unpaired) electrons. The quantitative estimate of drug-likeness (QED) is 0.165. The summed E-state index contributed by atoms with van der Waals surface area (Å²) in [4.78, 5) is 0. The fourth-order valence-electron chi connectivity index (χ4n) is 10.2. The lowest BCUT2D eigenvalue weighted by Crippen LogP contribution is -2.14. The van der Waals surface area contributed by atoms with Crippen molar-refractivity contribution in [1.29, 1.82) is 0 Å². The molecule has 0 bridgehead atoms. The summed E-state index contributed by atoms with van der Waals surface area (Å²) in [6.45, 7) is 4.68. The van der Waals surface area contributed by atoms with Crippen molar-refractivity contribution < 1.29 is 8.83 Å². The van der Waals surface area contributed by atoms with Crippen molar-refractivity contribution in [3.05, 3.63) is 169 Å². The van der Waals surface area contributed by atoms with Crippen molar-refractivity contribution in [1.82, 2.24) is 0 Å². The lowest BCUT2D eigenvalue weighted by molar-refractivity contribution is 0.657. The molecular formula is C53H32O2S. The van der Waals surface area contributed by atoms with Gasteiger partial charge in [-0.15, -0.1) is 11.3 Å². The smallest absolute Gasteiger partial charge is 0.143 e. The zero-order chi connectivity index (χ0) is 36.9. The number of thiophene rings is 1. The van der Waals surface area contributed by atoms with Gasteiger partial charge in [-0.1, -0.05) is 135 Å². The SMILES string of the molecule is CC1(C)c2ccccc2-c2c1ccc1oc3c(-c4c5ccccc5c(-c5ccc6oc7ccc8sc9ccccc9c8c7c6c5)c5ccccc45)cccc3c21. The summed E-state index contributed by atoms with van der Waals surface area (Å²) >= 11 is 1.85. The summed E-state index contributed by atoms with van der Waals surface area (Å²) in [5.41, 5.74) is 13.7. The van der Waals surface area contributed by atoms with Crippen LogP contribution in [0.3, 0.4) is 0 Å². The Morgan fingerprint density at radius 3 is 1.82 bits per heavy atom. The highest BCUT2D eigenvalue weighted by molar-refractivity contribution is 7.26. The molecule has 0 amide bonds. The van der Waals surface area contributed by atoms with E-state index in [1.54, 1.807) is 0 Å². The van der Waals surface area contributed by atoms with E-state index < -0.39 is 0 Å². The van der Waals surface area contributed by atoms with Crippen LogP contribution in [-0.4, -0.2) is 0 Å². The molecule has 0 saturated heterocycles. The van der Waals surface area contributed by atoms with Gasteiger partial charge in [0.15, 0.2) is 0 Å². The van der Waals surface area contributed by atoms with Crippen LogP contribution in [0.1, 0.15) is 25.0 Å². The van der Waals surface area contributed by atoms with Gasteiger partial charge in [-0.05, 0) is 91.3 Å². The molecule has 0 fully saturated rings. The van der Waals surface area contributed by atoms with Crippen molar-refractivity contribution in [2.24, 2.45) is 0 Å². The first-order chi connectivity index (χ1) is 27.5. The van der Waals surface area contributed by atoms with Crippen LogP contribution in [0.5, 0.6) is 0 Å². The van der Waals surface area contributed by atoms with Gasteiger partial charge in [0.1, 0.15) is 22.3 Å². The molecule has 1 aliphatic rings. The molecule has 3 aromatic heterocycles. The third kappa shape index (κ3) is 3.85. The zero-order valence-corrected chi connectivity index (χ0v) is 31.6. The molecule has 9 aromatic carbocycles.